The van der Waals surface area contributed by atoms with Gasteiger partial charge in [0.05, 0.1) is 23.4 Å². The minimum Gasteiger partial charge on any atom is -0.472 e. The van der Waals surface area contributed by atoms with Crippen molar-refractivity contribution in [2.24, 2.45) is 5.92 Å². The molecule has 2 bridgehead atoms. The average molecular weight is 458 g/mol. The highest BCUT2D eigenvalue weighted by atomic mass is 19.4. The number of hydrogen-bond donors (Lipinski definition) is 0. The Labute approximate surface area is 187 Å². The van der Waals surface area contributed by atoms with E-state index in [1.54, 1.807) is 17.2 Å². The molecule has 0 spiro atoms. The SMILES string of the molecule is Cc1cnc(-c2ncco2)c(C(=O)N2C[C@@H]3CC[C@H]2[C@H](Oc2ccc(C(F)(F)F)cn2)C3)c1. The van der Waals surface area contributed by atoms with Gasteiger partial charge in [-0.1, -0.05) is 0 Å². The van der Waals surface area contributed by atoms with Crippen molar-refractivity contribution in [2.75, 3.05) is 6.54 Å². The molecule has 5 heterocycles. The molecular weight excluding hydrogens is 437 g/mol. The van der Waals surface area contributed by atoms with Gasteiger partial charge >= 0.3 is 6.18 Å². The summed E-state index contributed by atoms with van der Waals surface area (Å²) in [4.78, 5) is 27.8. The van der Waals surface area contributed by atoms with Gasteiger partial charge in [0.15, 0.2) is 0 Å². The molecule has 10 heteroatoms. The van der Waals surface area contributed by atoms with Gasteiger partial charge in [-0.05, 0) is 49.8 Å². The zero-order valence-corrected chi connectivity index (χ0v) is 17.7. The second-order valence-electron chi connectivity index (χ2n) is 8.49. The highest BCUT2D eigenvalue weighted by Gasteiger charge is 2.45. The fraction of sp³-hybridized carbons (Fsp3) is 0.391. The Morgan fingerprint density at radius 3 is 2.70 bits per heavy atom. The van der Waals surface area contributed by atoms with Crippen LogP contribution in [0.5, 0.6) is 5.88 Å². The monoisotopic (exact) mass is 458 g/mol. The maximum Gasteiger partial charge on any atom is 0.417 e. The topological polar surface area (TPSA) is 81.4 Å². The number of rotatable bonds is 4. The first-order chi connectivity index (χ1) is 15.8. The Morgan fingerprint density at radius 2 is 2.03 bits per heavy atom. The molecule has 3 aromatic rings. The molecule has 1 amide bonds. The second kappa shape index (κ2) is 8.17. The Hall–Kier alpha value is -3.43. The molecule has 2 saturated heterocycles. The van der Waals surface area contributed by atoms with Crippen LogP contribution in [0.25, 0.3) is 11.6 Å². The summed E-state index contributed by atoms with van der Waals surface area (Å²) in [5.41, 5.74) is 0.774. The zero-order chi connectivity index (χ0) is 23.2. The molecule has 3 fully saturated rings. The lowest BCUT2D eigenvalue weighted by molar-refractivity contribution is -0.137. The van der Waals surface area contributed by atoms with E-state index in [-0.39, 0.29) is 35.7 Å². The van der Waals surface area contributed by atoms with Crippen LogP contribution >= 0.6 is 0 Å². The molecule has 0 radical (unpaired) electrons. The van der Waals surface area contributed by atoms with Crippen LogP contribution in [0.2, 0.25) is 0 Å². The van der Waals surface area contributed by atoms with E-state index in [2.05, 4.69) is 15.0 Å². The first-order valence-corrected chi connectivity index (χ1v) is 10.7. The van der Waals surface area contributed by atoms with E-state index >= 15 is 0 Å². The van der Waals surface area contributed by atoms with Crippen LogP contribution in [-0.2, 0) is 6.18 Å². The van der Waals surface area contributed by atoms with E-state index in [0.717, 1.165) is 37.1 Å². The Morgan fingerprint density at radius 1 is 1.18 bits per heavy atom. The van der Waals surface area contributed by atoms with E-state index in [4.69, 9.17) is 9.15 Å². The number of alkyl halides is 3. The highest BCUT2D eigenvalue weighted by molar-refractivity contribution is 5.99. The van der Waals surface area contributed by atoms with Crippen molar-refractivity contribution in [1.29, 1.82) is 0 Å². The third-order valence-electron chi connectivity index (χ3n) is 6.21. The van der Waals surface area contributed by atoms with E-state index in [1.165, 1.54) is 18.5 Å². The molecule has 2 aliphatic heterocycles. The van der Waals surface area contributed by atoms with Gasteiger partial charge in [-0.2, -0.15) is 13.2 Å². The fourth-order valence-corrected chi connectivity index (χ4v) is 4.66. The summed E-state index contributed by atoms with van der Waals surface area (Å²) in [5.74, 6) is 0.428. The normalized spacial score (nSPS) is 22.4. The molecule has 3 aromatic heterocycles. The maximum absolute atomic E-state index is 13.6. The average Bonchev–Trinajstić information content (AvgIpc) is 3.33. The fourth-order valence-electron chi connectivity index (χ4n) is 4.66. The number of pyridine rings is 2. The number of ether oxygens (including phenoxy) is 1. The van der Waals surface area contributed by atoms with Crippen molar-refractivity contribution in [3.05, 3.63) is 59.7 Å². The minimum absolute atomic E-state index is 0.116. The van der Waals surface area contributed by atoms with Gasteiger partial charge in [-0.25, -0.2) is 9.97 Å². The predicted octanol–water partition coefficient (Wildman–Crippen LogP) is 4.53. The van der Waals surface area contributed by atoms with Crippen LogP contribution in [0.3, 0.4) is 0 Å². The quantitative estimate of drug-likeness (QED) is 0.572. The van der Waals surface area contributed by atoms with E-state index in [1.807, 2.05) is 6.92 Å². The van der Waals surface area contributed by atoms with Crippen molar-refractivity contribution in [2.45, 2.75) is 44.5 Å². The number of nitrogens with zero attached hydrogens (tertiary/aromatic N) is 4. The van der Waals surface area contributed by atoms with Crippen molar-refractivity contribution >= 4 is 5.91 Å². The first-order valence-electron chi connectivity index (χ1n) is 10.7. The molecule has 0 unspecified atom stereocenters. The van der Waals surface area contributed by atoms with Gasteiger partial charge in [-0.15, -0.1) is 0 Å². The summed E-state index contributed by atoms with van der Waals surface area (Å²) in [7, 11) is 0. The molecule has 3 atom stereocenters. The predicted molar refractivity (Wildman–Crippen MR) is 110 cm³/mol. The molecule has 1 aliphatic carbocycles. The van der Waals surface area contributed by atoms with Crippen LogP contribution in [0.15, 0.2) is 47.5 Å². The van der Waals surface area contributed by atoms with Crippen molar-refractivity contribution in [1.82, 2.24) is 19.9 Å². The summed E-state index contributed by atoms with van der Waals surface area (Å²) in [6.45, 7) is 2.44. The molecule has 172 valence electrons. The standard InChI is InChI=1S/C23H21F3N4O3/c1-13-8-16(20(29-10-13)21-27-6-7-32-21)22(31)30-12-14-2-4-17(30)18(9-14)33-19-5-3-15(11-28-19)23(24,25)26/h3,5-8,10-11,14,17-18H,2,4,9,12H2,1H3/t14-,17+,18-/m1/s1. The molecular formula is C23H21F3N4O3. The number of amides is 1. The second-order valence-corrected chi connectivity index (χ2v) is 8.49. The van der Waals surface area contributed by atoms with Gasteiger partial charge in [0.2, 0.25) is 11.8 Å². The van der Waals surface area contributed by atoms with Crippen LogP contribution < -0.4 is 4.74 Å². The molecule has 33 heavy (non-hydrogen) atoms. The maximum atomic E-state index is 13.6. The first kappa shape index (κ1) is 21.4. The number of halogens is 3. The van der Waals surface area contributed by atoms with Crippen LogP contribution in [0.1, 0.15) is 40.7 Å². The van der Waals surface area contributed by atoms with Crippen LogP contribution in [0, 0.1) is 12.8 Å². The smallest absolute Gasteiger partial charge is 0.417 e. The Kier molecular flexibility index (Phi) is 5.30. The summed E-state index contributed by atoms with van der Waals surface area (Å²) in [6.07, 6.45) is 2.96. The van der Waals surface area contributed by atoms with Gasteiger partial charge in [0, 0.05) is 25.0 Å². The lowest BCUT2D eigenvalue weighted by atomic mass is 9.77. The van der Waals surface area contributed by atoms with E-state index in [9.17, 15) is 18.0 Å². The summed E-state index contributed by atoms with van der Waals surface area (Å²) >= 11 is 0. The Balaban J connectivity index is 1.39. The van der Waals surface area contributed by atoms with Gasteiger partial charge < -0.3 is 14.1 Å². The van der Waals surface area contributed by atoms with Crippen molar-refractivity contribution in [3.63, 3.8) is 0 Å². The summed E-state index contributed by atoms with van der Waals surface area (Å²) in [5, 5.41) is 0. The number of carbonyl (C=O) groups excluding carboxylic acids is 1. The van der Waals surface area contributed by atoms with Crippen LogP contribution in [-0.4, -0.2) is 44.4 Å². The highest BCUT2D eigenvalue weighted by Crippen LogP contribution is 2.39. The lowest BCUT2D eigenvalue weighted by Crippen LogP contribution is -2.59. The molecule has 0 aromatic carbocycles. The lowest BCUT2D eigenvalue weighted by Gasteiger charge is -2.49. The van der Waals surface area contributed by atoms with Crippen LogP contribution in [0.4, 0.5) is 13.2 Å². The number of aryl methyl sites for hydroxylation is 1. The summed E-state index contributed by atoms with van der Waals surface area (Å²) < 4.78 is 49.8. The van der Waals surface area contributed by atoms with Gasteiger partial charge in [0.25, 0.3) is 5.91 Å². The number of carbonyl (C=O) groups is 1. The van der Waals surface area contributed by atoms with E-state index < -0.39 is 11.7 Å². The Bertz CT molecular complexity index is 1150. The largest absolute Gasteiger partial charge is 0.472 e. The number of hydrogen-bond acceptors (Lipinski definition) is 6. The number of aromatic nitrogens is 3. The third-order valence-corrected chi connectivity index (χ3v) is 6.21. The third kappa shape index (κ3) is 4.17. The zero-order valence-electron chi connectivity index (χ0n) is 17.7. The summed E-state index contributed by atoms with van der Waals surface area (Å²) in [6, 6.07) is 3.73. The molecule has 7 nitrogen and oxygen atoms in total. The molecule has 0 N–H and O–H groups in total. The van der Waals surface area contributed by atoms with Gasteiger partial charge in [0.1, 0.15) is 18.1 Å². The minimum atomic E-state index is -4.46. The number of oxazole rings is 1. The molecule has 3 aliphatic rings. The molecule has 1 saturated carbocycles. The number of fused-ring (bicyclic) bond motifs is 3. The van der Waals surface area contributed by atoms with E-state index in [0.29, 0.717) is 17.8 Å². The van der Waals surface area contributed by atoms with Crippen molar-refractivity contribution in [3.8, 4) is 17.5 Å². The van der Waals surface area contributed by atoms with Crippen molar-refractivity contribution < 1.29 is 27.1 Å². The molecule has 6 rings (SSSR count). The van der Waals surface area contributed by atoms with Gasteiger partial charge in [-0.3, -0.25) is 9.78 Å². The number of piperidine rings is 2.